The molecule has 0 amide bonds. The summed E-state index contributed by atoms with van der Waals surface area (Å²) in [6.45, 7) is 4.02. The molecule has 2 N–H and O–H groups in total. The van der Waals surface area contributed by atoms with Gasteiger partial charge >= 0.3 is 0 Å². The molecule has 4 heteroatoms. The molecule has 82 valence electrons. The molecule has 1 aromatic heterocycles. The lowest BCUT2D eigenvalue weighted by Crippen LogP contribution is -2.48. The summed E-state index contributed by atoms with van der Waals surface area (Å²) in [4.78, 5) is 8.65. The topological polar surface area (TPSA) is 58.0 Å². The number of nitrogens with one attached hydrogen (secondary N) is 1. The molecular formula is C11H17N3O. The summed E-state index contributed by atoms with van der Waals surface area (Å²) >= 11 is 0. The van der Waals surface area contributed by atoms with Crippen molar-refractivity contribution in [3.63, 3.8) is 0 Å². The van der Waals surface area contributed by atoms with Crippen LogP contribution in [0.25, 0.3) is 0 Å². The van der Waals surface area contributed by atoms with Crippen LogP contribution in [0.4, 0.5) is 5.82 Å². The summed E-state index contributed by atoms with van der Waals surface area (Å²) in [5.74, 6) is 0.809. The summed E-state index contributed by atoms with van der Waals surface area (Å²) in [7, 11) is 0. The number of hydrogen-bond donors (Lipinski definition) is 2. The molecule has 0 atom stereocenters. The predicted molar refractivity (Wildman–Crippen MR) is 58.8 cm³/mol. The Labute approximate surface area is 89.8 Å². The van der Waals surface area contributed by atoms with Crippen LogP contribution >= 0.6 is 0 Å². The van der Waals surface area contributed by atoms with Crippen LogP contribution in [0.5, 0.6) is 0 Å². The normalized spacial score (nSPS) is 18.3. The number of aryl methyl sites for hydroxylation is 2. The molecule has 0 radical (unpaired) electrons. The first kappa shape index (κ1) is 10.4. The van der Waals surface area contributed by atoms with Crippen molar-refractivity contribution in [1.29, 1.82) is 0 Å². The molecule has 1 aromatic rings. The van der Waals surface area contributed by atoms with Gasteiger partial charge in [0.25, 0.3) is 0 Å². The molecule has 1 aliphatic rings. The molecule has 1 heterocycles. The Morgan fingerprint density at radius 2 is 2.20 bits per heavy atom. The molecule has 15 heavy (non-hydrogen) atoms. The van der Waals surface area contributed by atoms with E-state index in [0.29, 0.717) is 0 Å². The lowest BCUT2D eigenvalue weighted by Gasteiger charge is -2.41. The van der Waals surface area contributed by atoms with Gasteiger partial charge in [-0.15, -0.1) is 0 Å². The van der Waals surface area contributed by atoms with Gasteiger partial charge in [-0.2, -0.15) is 0 Å². The SMILES string of the molecule is Cc1cnc(C)c(NC2(CO)CCC2)n1. The minimum absolute atomic E-state index is 0.146. The predicted octanol–water partition coefficient (Wildman–Crippen LogP) is 1.42. The van der Waals surface area contributed by atoms with Gasteiger partial charge in [0.2, 0.25) is 0 Å². The van der Waals surface area contributed by atoms with Gasteiger partial charge in [0.15, 0.2) is 0 Å². The van der Waals surface area contributed by atoms with E-state index in [2.05, 4.69) is 15.3 Å². The lowest BCUT2D eigenvalue weighted by molar-refractivity contribution is 0.143. The maximum Gasteiger partial charge on any atom is 0.148 e. The fourth-order valence-electron chi connectivity index (χ4n) is 1.83. The largest absolute Gasteiger partial charge is 0.394 e. The van der Waals surface area contributed by atoms with E-state index in [1.54, 1.807) is 6.20 Å². The molecule has 4 nitrogen and oxygen atoms in total. The molecular weight excluding hydrogens is 190 g/mol. The summed E-state index contributed by atoms with van der Waals surface area (Å²) in [5, 5.41) is 12.7. The van der Waals surface area contributed by atoms with E-state index in [-0.39, 0.29) is 12.1 Å². The van der Waals surface area contributed by atoms with Gasteiger partial charge < -0.3 is 10.4 Å². The summed E-state index contributed by atoms with van der Waals surface area (Å²) in [6, 6.07) is 0. The third kappa shape index (κ3) is 1.95. The van der Waals surface area contributed by atoms with Crippen molar-refractivity contribution in [2.75, 3.05) is 11.9 Å². The van der Waals surface area contributed by atoms with Crippen molar-refractivity contribution in [1.82, 2.24) is 9.97 Å². The van der Waals surface area contributed by atoms with Gasteiger partial charge in [0.05, 0.1) is 23.5 Å². The van der Waals surface area contributed by atoms with Crippen LogP contribution in [0.3, 0.4) is 0 Å². The Kier molecular flexibility index (Phi) is 2.61. The highest BCUT2D eigenvalue weighted by Gasteiger charge is 2.36. The standard InChI is InChI=1S/C11H17N3O/c1-8-6-12-9(2)10(13-8)14-11(7-15)4-3-5-11/h6,15H,3-5,7H2,1-2H3,(H,13,14). The fourth-order valence-corrected chi connectivity index (χ4v) is 1.83. The zero-order chi connectivity index (χ0) is 10.9. The zero-order valence-electron chi connectivity index (χ0n) is 9.25. The van der Waals surface area contributed by atoms with Gasteiger partial charge in [0, 0.05) is 6.20 Å². The molecule has 0 saturated heterocycles. The quantitative estimate of drug-likeness (QED) is 0.787. The van der Waals surface area contributed by atoms with Crippen LogP contribution in [0.1, 0.15) is 30.7 Å². The third-order valence-corrected chi connectivity index (χ3v) is 3.07. The van der Waals surface area contributed by atoms with Crippen molar-refractivity contribution in [3.8, 4) is 0 Å². The van der Waals surface area contributed by atoms with Gasteiger partial charge in [-0.1, -0.05) is 0 Å². The van der Waals surface area contributed by atoms with E-state index in [1.165, 1.54) is 6.42 Å². The molecule has 2 rings (SSSR count). The minimum Gasteiger partial charge on any atom is -0.394 e. The maximum atomic E-state index is 9.35. The van der Waals surface area contributed by atoms with Crippen molar-refractivity contribution in [3.05, 3.63) is 17.6 Å². The number of hydrogen-bond acceptors (Lipinski definition) is 4. The van der Waals surface area contributed by atoms with E-state index >= 15 is 0 Å². The highest BCUT2D eigenvalue weighted by Crippen LogP contribution is 2.34. The van der Waals surface area contributed by atoms with E-state index in [0.717, 1.165) is 30.0 Å². The molecule has 1 aliphatic carbocycles. The Morgan fingerprint density at radius 1 is 1.47 bits per heavy atom. The van der Waals surface area contributed by atoms with Crippen LogP contribution in [-0.2, 0) is 0 Å². The maximum absolute atomic E-state index is 9.35. The van der Waals surface area contributed by atoms with Crippen LogP contribution in [0, 0.1) is 13.8 Å². The fraction of sp³-hybridized carbons (Fsp3) is 0.636. The first-order chi connectivity index (χ1) is 7.15. The zero-order valence-corrected chi connectivity index (χ0v) is 9.25. The van der Waals surface area contributed by atoms with Crippen LogP contribution in [-0.4, -0.2) is 27.2 Å². The van der Waals surface area contributed by atoms with E-state index in [1.807, 2.05) is 13.8 Å². The van der Waals surface area contributed by atoms with Gasteiger partial charge in [-0.3, -0.25) is 4.98 Å². The highest BCUT2D eigenvalue weighted by molar-refractivity contribution is 5.43. The minimum atomic E-state index is -0.146. The number of aliphatic hydroxyl groups excluding tert-OH is 1. The Balaban J connectivity index is 2.19. The number of nitrogens with zero attached hydrogens (tertiary/aromatic N) is 2. The second-order valence-electron chi connectivity index (χ2n) is 4.36. The molecule has 1 fully saturated rings. The van der Waals surface area contributed by atoms with Crippen molar-refractivity contribution in [2.45, 2.75) is 38.6 Å². The summed E-state index contributed by atoms with van der Waals surface area (Å²) < 4.78 is 0. The Hall–Kier alpha value is -1.16. The lowest BCUT2D eigenvalue weighted by atomic mass is 9.77. The number of rotatable bonds is 3. The summed E-state index contributed by atoms with van der Waals surface area (Å²) in [6.07, 6.45) is 4.95. The smallest absolute Gasteiger partial charge is 0.148 e. The third-order valence-electron chi connectivity index (χ3n) is 3.07. The van der Waals surface area contributed by atoms with Gasteiger partial charge in [-0.05, 0) is 33.1 Å². The Morgan fingerprint density at radius 3 is 2.73 bits per heavy atom. The molecule has 0 aliphatic heterocycles. The average molecular weight is 207 g/mol. The second kappa shape index (κ2) is 3.77. The van der Waals surface area contributed by atoms with Gasteiger partial charge in [0.1, 0.15) is 5.82 Å². The van der Waals surface area contributed by atoms with Crippen LogP contribution in [0.15, 0.2) is 6.20 Å². The van der Waals surface area contributed by atoms with Crippen molar-refractivity contribution >= 4 is 5.82 Å². The molecule has 0 aromatic carbocycles. The number of aromatic nitrogens is 2. The van der Waals surface area contributed by atoms with Crippen molar-refractivity contribution < 1.29 is 5.11 Å². The number of aliphatic hydroxyl groups is 1. The second-order valence-corrected chi connectivity index (χ2v) is 4.36. The molecule has 0 spiro atoms. The van der Waals surface area contributed by atoms with Gasteiger partial charge in [-0.25, -0.2) is 4.98 Å². The van der Waals surface area contributed by atoms with E-state index < -0.39 is 0 Å². The first-order valence-corrected chi connectivity index (χ1v) is 5.34. The average Bonchev–Trinajstić information content (AvgIpc) is 2.17. The summed E-state index contributed by atoms with van der Waals surface area (Å²) in [5.41, 5.74) is 1.64. The van der Waals surface area contributed by atoms with Crippen molar-refractivity contribution in [2.24, 2.45) is 0 Å². The van der Waals surface area contributed by atoms with Crippen LogP contribution in [0.2, 0.25) is 0 Å². The highest BCUT2D eigenvalue weighted by atomic mass is 16.3. The molecule has 1 saturated carbocycles. The first-order valence-electron chi connectivity index (χ1n) is 5.34. The molecule has 0 unspecified atom stereocenters. The van der Waals surface area contributed by atoms with E-state index in [9.17, 15) is 5.11 Å². The monoisotopic (exact) mass is 207 g/mol. The van der Waals surface area contributed by atoms with Crippen LogP contribution < -0.4 is 5.32 Å². The number of anilines is 1. The van der Waals surface area contributed by atoms with E-state index in [4.69, 9.17) is 0 Å². The molecule has 0 bridgehead atoms. The Bertz CT molecular complexity index is 355.